The zero-order chi connectivity index (χ0) is 14.5. The summed E-state index contributed by atoms with van der Waals surface area (Å²) in [5.41, 5.74) is 2.30. The van der Waals surface area contributed by atoms with E-state index in [0.717, 1.165) is 29.6 Å². The summed E-state index contributed by atoms with van der Waals surface area (Å²) in [7, 11) is 0. The molecule has 0 bridgehead atoms. The van der Waals surface area contributed by atoms with Gasteiger partial charge in [-0.2, -0.15) is 0 Å². The van der Waals surface area contributed by atoms with E-state index in [1.807, 2.05) is 54.9 Å². The van der Waals surface area contributed by atoms with Gasteiger partial charge in [-0.05, 0) is 36.2 Å². The highest BCUT2D eigenvalue weighted by atomic mass is 35.5. The molecular weight excluding hydrogens is 282 g/mol. The predicted octanol–water partition coefficient (Wildman–Crippen LogP) is 4.52. The van der Waals surface area contributed by atoms with Crippen molar-refractivity contribution >= 4 is 23.2 Å². The summed E-state index contributed by atoms with van der Waals surface area (Å²) in [5.74, 6) is 0.857. The first-order valence-electron chi connectivity index (χ1n) is 6.89. The first kappa shape index (κ1) is 13.7. The van der Waals surface area contributed by atoms with Crippen molar-refractivity contribution in [3.05, 3.63) is 77.6 Å². The lowest BCUT2D eigenvalue weighted by Crippen LogP contribution is -2.05. The van der Waals surface area contributed by atoms with Crippen LogP contribution in [0.15, 0.2) is 67.0 Å². The molecule has 2 aromatic carbocycles. The van der Waals surface area contributed by atoms with Crippen molar-refractivity contribution in [2.45, 2.75) is 13.0 Å². The van der Waals surface area contributed by atoms with Crippen LogP contribution in [0.4, 0.5) is 11.6 Å². The van der Waals surface area contributed by atoms with Gasteiger partial charge in [-0.25, -0.2) is 4.98 Å². The van der Waals surface area contributed by atoms with Gasteiger partial charge in [-0.3, -0.25) is 0 Å². The van der Waals surface area contributed by atoms with Crippen molar-refractivity contribution < 1.29 is 0 Å². The molecule has 1 aromatic heterocycles. The quantitative estimate of drug-likeness (QED) is 0.750. The van der Waals surface area contributed by atoms with Crippen molar-refractivity contribution in [1.82, 2.24) is 9.55 Å². The molecule has 21 heavy (non-hydrogen) atoms. The van der Waals surface area contributed by atoms with Crippen LogP contribution < -0.4 is 5.32 Å². The fourth-order valence-corrected chi connectivity index (χ4v) is 2.29. The second-order valence-corrected chi connectivity index (χ2v) is 5.25. The third-order valence-corrected chi connectivity index (χ3v) is 3.55. The third-order valence-electron chi connectivity index (χ3n) is 3.30. The van der Waals surface area contributed by atoms with E-state index in [0.29, 0.717) is 0 Å². The summed E-state index contributed by atoms with van der Waals surface area (Å²) in [6.45, 7) is 0.872. The Labute approximate surface area is 129 Å². The number of halogens is 1. The molecule has 0 amide bonds. The van der Waals surface area contributed by atoms with Gasteiger partial charge >= 0.3 is 0 Å². The molecule has 0 saturated heterocycles. The van der Waals surface area contributed by atoms with Crippen molar-refractivity contribution in [3.8, 4) is 0 Å². The number of rotatable bonds is 5. The van der Waals surface area contributed by atoms with Crippen molar-refractivity contribution in [2.24, 2.45) is 0 Å². The number of para-hydroxylation sites is 1. The van der Waals surface area contributed by atoms with Gasteiger partial charge in [0.2, 0.25) is 5.95 Å². The number of imidazole rings is 1. The van der Waals surface area contributed by atoms with E-state index in [-0.39, 0.29) is 0 Å². The number of aryl methyl sites for hydroxylation is 2. The molecular formula is C17H16ClN3. The largest absolute Gasteiger partial charge is 0.326 e. The molecule has 1 heterocycles. The van der Waals surface area contributed by atoms with Crippen LogP contribution in [-0.4, -0.2) is 9.55 Å². The van der Waals surface area contributed by atoms with E-state index in [1.165, 1.54) is 5.56 Å². The Balaban J connectivity index is 1.66. The van der Waals surface area contributed by atoms with Crippen LogP contribution in [0.3, 0.4) is 0 Å². The lowest BCUT2D eigenvalue weighted by Gasteiger charge is -2.10. The van der Waals surface area contributed by atoms with Gasteiger partial charge in [0.25, 0.3) is 0 Å². The molecule has 3 nitrogen and oxygen atoms in total. The summed E-state index contributed by atoms with van der Waals surface area (Å²) in [5, 5.41) is 4.10. The van der Waals surface area contributed by atoms with Gasteiger partial charge in [0.15, 0.2) is 0 Å². The Hall–Kier alpha value is -2.26. The molecule has 0 aliphatic heterocycles. The Morgan fingerprint density at radius 1 is 1.00 bits per heavy atom. The van der Waals surface area contributed by atoms with Crippen LogP contribution in [0.1, 0.15) is 5.56 Å². The molecule has 0 spiro atoms. The highest BCUT2D eigenvalue weighted by Crippen LogP contribution is 2.15. The minimum Gasteiger partial charge on any atom is -0.326 e. The van der Waals surface area contributed by atoms with Gasteiger partial charge < -0.3 is 9.88 Å². The van der Waals surface area contributed by atoms with Crippen molar-refractivity contribution in [2.75, 3.05) is 5.32 Å². The average molecular weight is 298 g/mol. The van der Waals surface area contributed by atoms with Gasteiger partial charge in [0.05, 0.1) is 0 Å². The predicted molar refractivity (Wildman–Crippen MR) is 87.1 cm³/mol. The lowest BCUT2D eigenvalue weighted by atomic mass is 10.1. The van der Waals surface area contributed by atoms with Crippen molar-refractivity contribution in [3.63, 3.8) is 0 Å². The van der Waals surface area contributed by atoms with Gasteiger partial charge in [-0.15, -0.1) is 0 Å². The van der Waals surface area contributed by atoms with Gasteiger partial charge in [0.1, 0.15) is 0 Å². The SMILES string of the molecule is Clc1ccc(CCn2ccnc2Nc2ccccc2)cc1. The molecule has 0 fully saturated rings. The summed E-state index contributed by atoms with van der Waals surface area (Å²) < 4.78 is 2.11. The molecule has 1 N–H and O–H groups in total. The number of nitrogens with zero attached hydrogens (tertiary/aromatic N) is 2. The minimum atomic E-state index is 0.771. The number of hydrogen-bond acceptors (Lipinski definition) is 2. The number of nitrogens with one attached hydrogen (secondary N) is 1. The van der Waals surface area contributed by atoms with E-state index < -0.39 is 0 Å². The molecule has 0 unspecified atom stereocenters. The molecule has 0 aliphatic carbocycles. The van der Waals surface area contributed by atoms with Crippen LogP contribution in [0.25, 0.3) is 0 Å². The highest BCUT2D eigenvalue weighted by Gasteiger charge is 2.03. The summed E-state index contributed by atoms with van der Waals surface area (Å²) >= 11 is 5.90. The van der Waals surface area contributed by atoms with Crippen molar-refractivity contribution in [1.29, 1.82) is 0 Å². The maximum Gasteiger partial charge on any atom is 0.207 e. The lowest BCUT2D eigenvalue weighted by molar-refractivity contribution is 0.704. The summed E-state index contributed by atoms with van der Waals surface area (Å²) in [6, 6.07) is 18.0. The Morgan fingerprint density at radius 3 is 2.52 bits per heavy atom. The third kappa shape index (κ3) is 3.64. The Bertz CT molecular complexity index is 690. The Kier molecular flexibility index (Phi) is 4.22. The van der Waals surface area contributed by atoms with E-state index in [2.05, 4.69) is 27.0 Å². The zero-order valence-corrected chi connectivity index (χ0v) is 12.3. The summed E-state index contributed by atoms with van der Waals surface area (Å²) in [6.07, 6.45) is 4.74. The van der Waals surface area contributed by atoms with E-state index in [1.54, 1.807) is 0 Å². The standard InChI is InChI=1S/C17H16ClN3/c18-15-8-6-14(7-9-15)10-12-21-13-11-19-17(21)20-16-4-2-1-3-5-16/h1-9,11,13H,10,12H2,(H,19,20). The molecule has 106 valence electrons. The number of aromatic nitrogens is 2. The molecule has 0 aliphatic rings. The van der Waals surface area contributed by atoms with Crippen LogP contribution in [0.5, 0.6) is 0 Å². The van der Waals surface area contributed by atoms with Crippen LogP contribution >= 0.6 is 11.6 Å². The maximum absolute atomic E-state index is 5.90. The fourth-order valence-electron chi connectivity index (χ4n) is 2.16. The maximum atomic E-state index is 5.90. The van der Waals surface area contributed by atoms with E-state index >= 15 is 0 Å². The second-order valence-electron chi connectivity index (χ2n) is 4.81. The minimum absolute atomic E-state index is 0.771. The molecule has 4 heteroatoms. The molecule has 0 radical (unpaired) electrons. The van der Waals surface area contributed by atoms with Crippen LogP contribution in [0, 0.1) is 0 Å². The monoisotopic (exact) mass is 297 g/mol. The first-order valence-corrected chi connectivity index (χ1v) is 7.27. The normalized spacial score (nSPS) is 10.5. The smallest absolute Gasteiger partial charge is 0.207 e. The van der Waals surface area contributed by atoms with E-state index in [4.69, 9.17) is 11.6 Å². The molecule has 3 aromatic rings. The van der Waals surface area contributed by atoms with Gasteiger partial charge in [0, 0.05) is 29.6 Å². The second kappa shape index (κ2) is 6.46. The first-order chi connectivity index (χ1) is 10.3. The van der Waals surface area contributed by atoms with Crippen LogP contribution in [0.2, 0.25) is 5.02 Å². The molecule has 0 atom stereocenters. The number of hydrogen-bond donors (Lipinski definition) is 1. The number of anilines is 2. The van der Waals surface area contributed by atoms with E-state index in [9.17, 15) is 0 Å². The number of benzene rings is 2. The van der Waals surface area contributed by atoms with Gasteiger partial charge in [-0.1, -0.05) is 41.9 Å². The molecule has 3 rings (SSSR count). The Morgan fingerprint density at radius 2 is 1.76 bits per heavy atom. The summed E-state index contributed by atoms with van der Waals surface area (Å²) in [4.78, 5) is 4.37. The average Bonchev–Trinajstić information content (AvgIpc) is 2.95. The van der Waals surface area contributed by atoms with Crippen LogP contribution in [-0.2, 0) is 13.0 Å². The molecule has 0 saturated carbocycles. The highest BCUT2D eigenvalue weighted by molar-refractivity contribution is 6.30. The topological polar surface area (TPSA) is 29.9 Å². The zero-order valence-electron chi connectivity index (χ0n) is 11.5. The fraction of sp³-hybridized carbons (Fsp3) is 0.118.